The van der Waals surface area contributed by atoms with Crippen LogP contribution in [0.25, 0.3) is 0 Å². The fourth-order valence-corrected chi connectivity index (χ4v) is 3.06. The van der Waals surface area contributed by atoms with Gasteiger partial charge in [-0.05, 0) is 37.8 Å². The molecule has 0 amide bonds. The van der Waals surface area contributed by atoms with E-state index in [0.717, 1.165) is 18.5 Å². The Morgan fingerprint density at radius 3 is 2.79 bits per heavy atom. The first-order chi connectivity index (χ1) is 9.02. The van der Waals surface area contributed by atoms with Crippen molar-refractivity contribution in [3.8, 4) is 0 Å². The number of halogens is 3. The summed E-state index contributed by atoms with van der Waals surface area (Å²) in [5.74, 6) is -1.13. The van der Waals surface area contributed by atoms with Crippen molar-refractivity contribution < 1.29 is 17.6 Å². The van der Waals surface area contributed by atoms with Gasteiger partial charge >= 0.3 is 6.18 Å². The van der Waals surface area contributed by atoms with E-state index in [1.807, 2.05) is 13.0 Å². The van der Waals surface area contributed by atoms with Gasteiger partial charge < -0.3 is 9.73 Å². The third-order valence-corrected chi connectivity index (χ3v) is 3.98. The lowest BCUT2D eigenvalue weighted by atomic mass is 9.76. The van der Waals surface area contributed by atoms with Gasteiger partial charge in [-0.15, -0.1) is 0 Å². The molecule has 1 fully saturated rings. The largest absolute Gasteiger partial charge is 0.472 e. The molecule has 0 aliphatic heterocycles. The standard InChI is InChI=1S/C14H20F3NO/c1-2-18-13(11-6-7-19-9-11)10-4-3-5-12(8-10)14(15,16)17/h6-7,9-10,12-13,18H,2-5,8H2,1H3. The highest BCUT2D eigenvalue weighted by Gasteiger charge is 2.43. The van der Waals surface area contributed by atoms with Gasteiger partial charge in [0.25, 0.3) is 0 Å². The topological polar surface area (TPSA) is 25.2 Å². The predicted octanol–water partition coefficient (Wildman–Crippen LogP) is 4.30. The maximum atomic E-state index is 12.9. The molecule has 0 aromatic carbocycles. The maximum absolute atomic E-state index is 12.9. The minimum absolute atomic E-state index is 0.0259. The summed E-state index contributed by atoms with van der Waals surface area (Å²) in [4.78, 5) is 0. The van der Waals surface area contributed by atoms with Crippen molar-refractivity contribution in [2.75, 3.05) is 6.54 Å². The van der Waals surface area contributed by atoms with E-state index in [1.54, 1.807) is 12.5 Å². The maximum Gasteiger partial charge on any atom is 0.391 e. The van der Waals surface area contributed by atoms with Gasteiger partial charge in [-0.3, -0.25) is 0 Å². The van der Waals surface area contributed by atoms with Crippen molar-refractivity contribution in [1.29, 1.82) is 0 Å². The Morgan fingerprint density at radius 1 is 1.42 bits per heavy atom. The highest BCUT2D eigenvalue weighted by Crippen LogP contribution is 2.43. The second-order valence-corrected chi connectivity index (χ2v) is 5.26. The van der Waals surface area contributed by atoms with Crippen LogP contribution in [0.15, 0.2) is 23.0 Å². The number of furan rings is 1. The summed E-state index contributed by atoms with van der Waals surface area (Å²) >= 11 is 0. The summed E-state index contributed by atoms with van der Waals surface area (Å²) in [6.45, 7) is 2.71. The van der Waals surface area contributed by atoms with E-state index < -0.39 is 12.1 Å². The number of hydrogen-bond donors (Lipinski definition) is 1. The first-order valence-electron chi connectivity index (χ1n) is 6.84. The molecule has 108 valence electrons. The molecule has 1 heterocycles. The van der Waals surface area contributed by atoms with E-state index in [4.69, 9.17) is 4.42 Å². The Kier molecular flexibility index (Phi) is 4.55. The van der Waals surface area contributed by atoms with Crippen LogP contribution in [-0.4, -0.2) is 12.7 Å². The zero-order valence-electron chi connectivity index (χ0n) is 11.0. The highest BCUT2D eigenvalue weighted by atomic mass is 19.4. The second-order valence-electron chi connectivity index (χ2n) is 5.26. The van der Waals surface area contributed by atoms with Gasteiger partial charge in [0.15, 0.2) is 0 Å². The average molecular weight is 275 g/mol. The Balaban J connectivity index is 2.09. The molecule has 0 bridgehead atoms. The number of alkyl halides is 3. The van der Waals surface area contributed by atoms with Crippen LogP contribution in [0.5, 0.6) is 0 Å². The summed E-state index contributed by atoms with van der Waals surface area (Å²) < 4.78 is 43.7. The molecule has 1 N–H and O–H groups in total. The van der Waals surface area contributed by atoms with E-state index in [-0.39, 0.29) is 24.8 Å². The molecule has 1 saturated carbocycles. The SMILES string of the molecule is CCNC(c1ccoc1)C1CCCC(C(F)(F)F)C1. The van der Waals surface area contributed by atoms with E-state index >= 15 is 0 Å². The van der Waals surface area contributed by atoms with Gasteiger partial charge in [0, 0.05) is 11.6 Å². The second kappa shape index (κ2) is 5.99. The Morgan fingerprint density at radius 2 is 2.21 bits per heavy atom. The summed E-state index contributed by atoms with van der Waals surface area (Å²) in [5, 5.41) is 3.30. The van der Waals surface area contributed by atoms with E-state index in [0.29, 0.717) is 6.42 Å². The summed E-state index contributed by atoms with van der Waals surface area (Å²) in [7, 11) is 0. The Labute approximate surface area is 111 Å². The number of hydrogen-bond acceptors (Lipinski definition) is 2. The third-order valence-electron chi connectivity index (χ3n) is 3.98. The van der Waals surface area contributed by atoms with Crippen LogP contribution in [0.3, 0.4) is 0 Å². The van der Waals surface area contributed by atoms with Crippen molar-refractivity contribution >= 4 is 0 Å². The smallest absolute Gasteiger partial charge is 0.391 e. The fraction of sp³-hybridized carbons (Fsp3) is 0.714. The molecule has 2 nitrogen and oxygen atoms in total. The van der Waals surface area contributed by atoms with E-state index in [2.05, 4.69) is 5.32 Å². The molecule has 1 aliphatic carbocycles. The normalized spacial score (nSPS) is 26.3. The molecule has 0 spiro atoms. The number of rotatable bonds is 4. The van der Waals surface area contributed by atoms with Gasteiger partial charge in [0.05, 0.1) is 18.4 Å². The Bertz CT molecular complexity index is 375. The van der Waals surface area contributed by atoms with Crippen molar-refractivity contribution in [2.45, 2.75) is 44.8 Å². The zero-order chi connectivity index (χ0) is 13.9. The molecule has 3 unspecified atom stereocenters. The predicted molar refractivity (Wildman–Crippen MR) is 66.6 cm³/mol. The third kappa shape index (κ3) is 3.53. The molecule has 2 rings (SSSR count). The lowest BCUT2D eigenvalue weighted by Crippen LogP contribution is -2.35. The molecule has 1 aromatic heterocycles. The molecule has 5 heteroatoms. The van der Waals surface area contributed by atoms with Crippen LogP contribution in [0.1, 0.15) is 44.2 Å². The summed E-state index contributed by atoms with van der Waals surface area (Å²) in [6.07, 6.45) is 1.11. The van der Waals surface area contributed by atoms with Crippen LogP contribution in [0.4, 0.5) is 13.2 Å². The molecule has 3 atom stereocenters. The molecule has 0 radical (unpaired) electrons. The van der Waals surface area contributed by atoms with Crippen molar-refractivity contribution in [3.05, 3.63) is 24.2 Å². The fourth-order valence-electron chi connectivity index (χ4n) is 3.06. The minimum atomic E-state index is -4.06. The first kappa shape index (κ1) is 14.4. The van der Waals surface area contributed by atoms with Crippen molar-refractivity contribution in [3.63, 3.8) is 0 Å². The average Bonchev–Trinajstić information content (AvgIpc) is 2.88. The van der Waals surface area contributed by atoms with Crippen LogP contribution in [0.2, 0.25) is 0 Å². The van der Waals surface area contributed by atoms with Gasteiger partial charge in [0.2, 0.25) is 0 Å². The minimum Gasteiger partial charge on any atom is -0.472 e. The lowest BCUT2D eigenvalue weighted by molar-refractivity contribution is -0.186. The number of nitrogens with one attached hydrogen (secondary N) is 1. The molecular weight excluding hydrogens is 255 g/mol. The summed E-state index contributed by atoms with van der Waals surface area (Å²) in [5.41, 5.74) is 0.953. The first-order valence-corrected chi connectivity index (χ1v) is 6.84. The zero-order valence-corrected chi connectivity index (χ0v) is 11.0. The van der Waals surface area contributed by atoms with E-state index in [1.165, 1.54) is 0 Å². The molecule has 1 aliphatic rings. The van der Waals surface area contributed by atoms with Crippen LogP contribution in [0, 0.1) is 11.8 Å². The highest BCUT2D eigenvalue weighted by molar-refractivity contribution is 5.13. The van der Waals surface area contributed by atoms with Gasteiger partial charge in [-0.25, -0.2) is 0 Å². The Hall–Kier alpha value is -0.970. The monoisotopic (exact) mass is 275 g/mol. The van der Waals surface area contributed by atoms with Gasteiger partial charge in [-0.2, -0.15) is 13.2 Å². The lowest BCUT2D eigenvalue weighted by Gasteiger charge is -2.35. The van der Waals surface area contributed by atoms with Crippen molar-refractivity contribution in [1.82, 2.24) is 5.32 Å². The summed E-state index contributed by atoms with van der Waals surface area (Å²) in [6, 6.07) is 1.80. The molecule has 1 aromatic rings. The quantitative estimate of drug-likeness (QED) is 0.886. The van der Waals surface area contributed by atoms with Crippen LogP contribution >= 0.6 is 0 Å². The van der Waals surface area contributed by atoms with Crippen molar-refractivity contribution in [2.24, 2.45) is 11.8 Å². The van der Waals surface area contributed by atoms with Crippen LogP contribution < -0.4 is 5.32 Å². The van der Waals surface area contributed by atoms with Crippen LogP contribution in [-0.2, 0) is 0 Å². The molecule has 0 saturated heterocycles. The molecular formula is C14H20F3NO. The molecule has 19 heavy (non-hydrogen) atoms. The van der Waals surface area contributed by atoms with Gasteiger partial charge in [-0.1, -0.05) is 13.3 Å². The van der Waals surface area contributed by atoms with E-state index in [9.17, 15) is 13.2 Å². The van der Waals surface area contributed by atoms with Gasteiger partial charge in [0.1, 0.15) is 0 Å².